The van der Waals surface area contributed by atoms with E-state index in [1.54, 1.807) is 0 Å². The van der Waals surface area contributed by atoms with Crippen molar-refractivity contribution in [2.45, 2.75) is 70.0 Å². The van der Waals surface area contributed by atoms with E-state index >= 15 is 0 Å². The van der Waals surface area contributed by atoms with Gasteiger partial charge in [-0.15, -0.1) is 0 Å². The average Bonchev–Trinajstić information content (AvgIpc) is 3.20. The smallest absolute Gasteiger partial charge is 0.317 e. The molecule has 2 aliphatic rings. The van der Waals surface area contributed by atoms with E-state index in [2.05, 4.69) is 5.32 Å². The van der Waals surface area contributed by atoms with Gasteiger partial charge in [0.25, 0.3) is 0 Å². The van der Waals surface area contributed by atoms with E-state index in [0.717, 1.165) is 24.8 Å². The van der Waals surface area contributed by atoms with Gasteiger partial charge in [0, 0.05) is 30.7 Å². The maximum absolute atomic E-state index is 12.9. The number of nitrogens with two attached hydrogens (primary N) is 1. The minimum absolute atomic E-state index is 0.00385. The number of carbonyl (C=O) groups excluding carboxylic acids is 2. The second-order valence-corrected chi connectivity index (χ2v) is 8.63. The second-order valence-electron chi connectivity index (χ2n) is 8.20. The van der Waals surface area contributed by atoms with Crippen molar-refractivity contribution in [3.63, 3.8) is 0 Å². The molecule has 1 aliphatic heterocycles. The van der Waals surface area contributed by atoms with E-state index < -0.39 is 6.04 Å². The lowest BCUT2D eigenvalue weighted by molar-refractivity contribution is -0.131. The van der Waals surface area contributed by atoms with E-state index in [0.29, 0.717) is 31.1 Å². The molecule has 0 aromatic heterocycles. The van der Waals surface area contributed by atoms with E-state index in [4.69, 9.17) is 17.3 Å². The molecule has 3 amide bonds. The predicted octanol–water partition coefficient (Wildman–Crippen LogP) is 3.17. The Hall–Kier alpha value is -1.79. The Kier molecular flexibility index (Phi) is 7.78. The van der Waals surface area contributed by atoms with E-state index in [1.165, 1.54) is 19.3 Å². The monoisotopic (exact) mass is 420 g/mol. The summed E-state index contributed by atoms with van der Waals surface area (Å²) in [6, 6.07) is 7.20. The molecule has 2 fully saturated rings. The first-order chi connectivity index (χ1) is 14.0. The van der Waals surface area contributed by atoms with Gasteiger partial charge in [0.05, 0.1) is 12.1 Å². The van der Waals surface area contributed by atoms with Gasteiger partial charge < -0.3 is 20.9 Å². The number of hydrogen-bond donors (Lipinski definition) is 2. The summed E-state index contributed by atoms with van der Waals surface area (Å²) in [5.41, 5.74) is 7.22. The molecule has 1 saturated heterocycles. The lowest BCUT2D eigenvalue weighted by Gasteiger charge is -2.38. The number of amides is 3. The molecule has 0 radical (unpaired) electrons. The highest BCUT2D eigenvalue weighted by atomic mass is 35.5. The summed E-state index contributed by atoms with van der Waals surface area (Å²) in [7, 11) is 0. The normalized spacial score (nSPS) is 21.1. The van der Waals surface area contributed by atoms with E-state index in [-0.39, 0.29) is 24.0 Å². The average molecular weight is 421 g/mol. The Morgan fingerprint density at radius 1 is 1.17 bits per heavy atom. The van der Waals surface area contributed by atoms with Gasteiger partial charge in [-0.3, -0.25) is 4.79 Å². The van der Waals surface area contributed by atoms with Crippen LogP contribution in [0.2, 0.25) is 5.02 Å². The van der Waals surface area contributed by atoms with Gasteiger partial charge in [-0.25, -0.2) is 4.79 Å². The number of likely N-dealkylation sites (tertiary alicyclic amines) is 1. The zero-order valence-electron chi connectivity index (χ0n) is 17.3. The lowest BCUT2D eigenvalue weighted by atomic mass is 9.93. The molecule has 1 saturated carbocycles. The Bertz CT molecular complexity index is 691. The summed E-state index contributed by atoms with van der Waals surface area (Å²) >= 11 is 5.93. The summed E-state index contributed by atoms with van der Waals surface area (Å²) in [4.78, 5) is 29.6. The van der Waals surface area contributed by atoms with Gasteiger partial charge in [0.2, 0.25) is 5.91 Å². The fraction of sp³-hybridized carbons (Fsp3) is 0.636. The third kappa shape index (κ3) is 5.64. The zero-order valence-corrected chi connectivity index (χ0v) is 18.0. The molecule has 160 valence electrons. The Labute approximate surface area is 178 Å². The van der Waals surface area contributed by atoms with Crippen LogP contribution in [-0.2, 0) is 11.2 Å². The third-order valence-corrected chi connectivity index (χ3v) is 6.34. The molecule has 2 atom stereocenters. The highest BCUT2D eigenvalue weighted by Gasteiger charge is 2.37. The van der Waals surface area contributed by atoms with Crippen molar-refractivity contribution < 1.29 is 9.59 Å². The van der Waals surface area contributed by atoms with Crippen LogP contribution in [0.25, 0.3) is 0 Å². The summed E-state index contributed by atoms with van der Waals surface area (Å²) in [6.07, 6.45) is 6.99. The number of carbonyl (C=O) groups is 2. The highest BCUT2D eigenvalue weighted by Crippen LogP contribution is 2.28. The van der Waals surface area contributed by atoms with Crippen molar-refractivity contribution in [2.75, 3.05) is 19.6 Å². The number of halogens is 1. The standard InChI is InChI=1S/C22H33ClN4O2/c1-2-25-22(29)27(18-6-4-3-5-7-18)19-12-13-26(15-19)21(28)20(24)14-16-8-10-17(23)11-9-16/h8-11,18-20H,2-7,12-15,24H2,1H3,(H,25,29). The Balaban J connectivity index is 1.61. The number of nitrogens with one attached hydrogen (secondary N) is 1. The van der Waals surface area contributed by atoms with E-state index in [9.17, 15) is 9.59 Å². The zero-order chi connectivity index (χ0) is 20.8. The van der Waals surface area contributed by atoms with Crippen LogP contribution < -0.4 is 11.1 Å². The topological polar surface area (TPSA) is 78.7 Å². The molecule has 6 nitrogen and oxygen atoms in total. The molecular formula is C22H33ClN4O2. The van der Waals surface area contributed by atoms with Crippen LogP contribution in [0.5, 0.6) is 0 Å². The number of hydrogen-bond acceptors (Lipinski definition) is 3. The van der Waals surface area contributed by atoms with Gasteiger partial charge in [0.1, 0.15) is 0 Å². The fourth-order valence-electron chi connectivity index (χ4n) is 4.60. The molecule has 7 heteroatoms. The Morgan fingerprint density at radius 3 is 2.52 bits per heavy atom. The van der Waals surface area contributed by atoms with Crippen LogP contribution in [-0.4, -0.2) is 59.5 Å². The van der Waals surface area contributed by atoms with Crippen LogP contribution in [0.4, 0.5) is 4.79 Å². The first-order valence-electron chi connectivity index (χ1n) is 10.8. The van der Waals surface area contributed by atoms with E-state index in [1.807, 2.05) is 41.0 Å². The predicted molar refractivity (Wildman–Crippen MR) is 116 cm³/mol. The molecular weight excluding hydrogens is 388 g/mol. The van der Waals surface area contributed by atoms with Gasteiger partial charge in [-0.2, -0.15) is 0 Å². The van der Waals surface area contributed by atoms with Crippen LogP contribution in [0.1, 0.15) is 51.0 Å². The Morgan fingerprint density at radius 2 is 1.86 bits per heavy atom. The van der Waals surface area contributed by atoms with Crippen LogP contribution in [0.15, 0.2) is 24.3 Å². The number of urea groups is 1. The first-order valence-corrected chi connectivity index (χ1v) is 11.2. The molecule has 3 rings (SSSR count). The fourth-order valence-corrected chi connectivity index (χ4v) is 4.72. The largest absolute Gasteiger partial charge is 0.339 e. The minimum Gasteiger partial charge on any atom is -0.339 e. The molecule has 0 spiro atoms. The quantitative estimate of drug-likeness (QED) is 0.741. The molecule has 0 bridgehead atoms. The van der Waals surface area contributed by atoms with Gasteiger partial charge in [-0.1, -0.05) is 43.0 Å². The molecule has 2 unspecified atom stereocenters. The van der Waals surface area contributed by atoms with Crippen molar-refractivity contribution >= 4 is 23.5 Å². The number of nitrogens with zero attached hydrogens (tertiary/aromatic N) is 2. The van der Waals surface area contributed by atoms with Crippen LogP contribution >= 0.6 is 11.6 Å². The molecule has 3 N–H and O–H groups in total. The molecule has 1 aromatic carbocycles. The first kappa shape index (κ1) is 21.9. The number of benzene rings is 1. The lowest BCUT2D eigenvalue weighted by Crippen LogP contribution is -2.53. The second kappa shape index (κ2) is 10.3. The van der Waals surface area contributed by atoms with Crippen molar-refractivity contribution in [3.05, 3.63) is 34.9 Å². The third-order valence-electron chi connectivity index (χ3n) is 6.09. The molecule has 1 aliphatic carbocycles. The SMILES string of the molecule is CCNC(=O)N(C1CCCCC1)C1CCN(C(=O)C(N)Cc2ccc(Cl)cc2)C1. The number of rotatable bonds is 6. The van der Waals surface area contributed by atoms with Crippen molar-refractivity contribution in [2.24, 2.45) is 5.73 Å². The summed E-state index contributed by atoms with van der Waals surface area (Å²) in [6.45, 7) is 3.78. The summed E-state index contributed by atoms with van der Waals surface area (Å²) in [5.74, 6) is -0.0399. The maximum atomic E-state index is 12.9. The highest BCUT2D eigenvalue weighted by molar-refractivity contribution is 6.30. The summed E-state index contributed by atoms with van der Waals surface area (Å²) < 4.78 is 0. The molecule has 1 aromatic rings. The summed E-state index contributed by atoms with van der Waals surface area (Å²) in [5, 5.41) is 3.64. The minimum atomic E-state index is -0.581. The van der Waals surface area contributed by atoms with Crippen molar-refractivity contribution in [1.29, 1.82) is 0 Å². The van der Waals surface area contributed by atoms with Gasteiger partial charge >= 0.3 is 6.03 Å². The van der Waals surface area contributed by atoms with Crippen molar-refractivity contribution in [1.82, 2.24) is 15.1 Å². The molecule has 29 heavy (non-hydrogen) atoms. The maximum Gasteiger partial charge on any atom is 0.317 e. The van der Waals surface area contributed by atoms with Crippen LogP contribution in [0.3, 0.4) is 0 Å². The van der Waals surface area contributed by atoms with Gasteiger partial charge in [-0.05, 0) is 50.3 Å². The molecule has 1 heterocycles. The van der Waals surface area contributed by atoms with Crippen LogP contribution in [0, 0.1) is 0 Å². The van der Waals surface area contributed by atoms with Gasteiger partial charge in [0.15, 0.2) is 0 Å². The van der Waals surface area contributed by atoms with Crippen molar-refractivity contribution in [3.8, 4) is 0 Å².